The average molecular weight is 273 g/mol. The number of ketones is 1. The molecule has 1 aromatic carbocycles. The van der Waals surface area contributed by atoms with Gasteiger partial charge in [0.05, 0.1) is 13.1 Å². The van der Waals surface area contributed by atoms with Gasteiger partial charge in [-0.05, 0) is 37.1 Å². The first kappa shape index (κ1) is 13.9. The molecule has 3 nitrogen and oxygen atoms in total. The Labute approximate surface area is 108 Å². The summed E-state index contributed by atoms with van der Waals surface area (Å²) in [7, 11) is 0. The maximum atomic E-state index is 12.4. The molecule has 0 unspecified atom stereocenters. The van der Waals surface area contributed by atoms with Crippen LogP contribution in [0.25, 0.3) is 0 Å². The van der Waals surface area contributed by atoms with E-state index in [0.29, 0.717) is 18.4 Å². The van der Waals surface area contributed by atoms with Crippen LogP contribution in [0.4, 0.5) is 13.2 Å². The Bertz CT molecular complexity index is 452. The number of hydrogen-bond acceptors (Lipinski definition) is 3. The van der Waals surface area contributed by atoms with Crippen molar-refractivity contribution in [3.63, 3.8) is 0 Å². The number of phenolic OH excluding ortho intramolecular Hbond substituents is 1. The van der Waals surface area contributed by atoms with Crippen LogP contribution in [0.1, 0.15) is 23.2 Å². The summed E-state index contributed by atoms with van der Waals surface area (Å²) >= 11 is 0. The molecule has 0 heterocycles. The largest absolute Gasteiger partial charge is 0.508 e. The van der Waals surface area contributed by atoms with Crippen LogP contribution in [0.3, 0.4) is 0 Å². The number of halogens is 3. The fraction of sp³-hybridized carbons (Fsp3) is 0.462. The van der Waals surface area contributed by atoms with Gasteiger partial charge in [-0.1, -0.05) is 0 Å². The Morgan fingerprint density at radius 1 is 1.26 bits per heavy atom. The third-order valence-electron chi connectivity index (χ3n) is 2.98. The number of phenols is 1. The molecule has 0 aliphatic heterocycles. The maximum absolute atomic E-state index is 12.4. The van der Waals surface area contributed by atoms with Crippen LogP contribution in [-0.2, 0) is 0 Å². The predicted molar refractivity (Wildman–Crippen MR) is 63.1 cm³/mol. The summed E-state index contributed by atoms with van der Waals surface area (Å²) < 4.78 is 37.2. The summed E-state index contributed by atoms with van der Waals surface area (Å²) in [5.74, 6) is -0.345. The SMILES string of the molecule is O=C(CN(CC(F)(F)F)C1CC1)c1ccc(O)cc1. The Morgan fingerprint density at radius 3 is 2.32 bits per heavy atom. The molecule has 0 atom stereocenters. The molecule has 0 aromatic heterocycles. The minimum absolute atomic E-state index is 0.0193. The summed E-state index contributed by atoms with van der Waals surface area (Å²) in [6.07, 6.45) is -2.88. The van der Waals surface area contributed by atoms with Gasteiger partial charge in [-0.15, -0.1) is 0 Å². The molecule has 6 heteroatoms. The van der Waals surface area contributed by atoms with Crippen molar-refractivity contribution in [1.82, 2.24) is 4.90 Å². The van der Waals surface area contributed by atoms with Crippen molar-refractivity contribution in [3.8, 4) is 5.75 Å². The van der Waals surface area contributed by atoms with Gasteiger partial charge in [0.15, 0.2) is 5.78 Å². The molecule has 1 aromatic rings. The van der Waals surface area contributed by atoms with Gasteiger partial charge < -0.3 is 5.11 Å². The molecule has 0 amide bonds. The smallest absolute Gasteiger partial charge is 0.401 e. The molecule has 0 spiro atoms. The second-order valence-corrected chi connectivity index (χ2v) is 4.72. The molecule has 1 N–H and O–H groups in total. The van der Waals surface area contributed by atoms with Gasteiger partial charge in [-0.3, -0.25) is 9.69 Å². The van der Waals surface area contributed by atoms with Gasteiger partial charge in [-0.25, -0.2) is 0 Å². The zero-order valence-corrected chi connectivity index (χ0v) is 10.2. The molecular weight excluding hydrogens is 259 g/mol. The van der Waals surface area contributed by atoms with E-state index < -0.39 is 12.7 Å². The number of alkyl halides is 3. The highest BCUT2D eigenvalue weighted by atomic mass is 19.4. The van der Waals surface area contributed by atoms with Crippen LogP contribution in [0.2, 0.25) is 0 Å². The fourth-order valence-corrected chi connectivity index (χ4v) is 1.91. The molecular formula is C13H14F3NO2. The zero-order chi connectivity index (χ0) is 14.0. The van der Waals surface area contributed by atoms with Gasteiger partial charge >= 0.3 is 6.18 Å². The number of hydrogen-bond donors (Lipinski definition) is 1. The predicted octanol–water partition coefficient (Wildman–Crippen LogP) is 2.60. The molecule has 2 rings (SSSR count). The molecule has 19 heavy (non-hydrogen) atoms. The zero-order valence-electron chi connectivity index (χ0n) is 10.2. The minimum atomic E-state index is -4.29. The molecule has 104 valence electrons. The number of benzene rings is 1. The number of Topliss-reactive ketones (excluding diaryl/α,β-unsaturated/α-hetero) is 1. The molecule has 1 aliphatic rings. The van der Waals surface area contributed by atoms with Gasteiger partial charge in [0.1, 0.15) is 5.75 Å². The average Bonchev–Trinajstić information content (AvgIpc) is 3.10. The highest BCUT2D eigenvalue weighted by molar-refractivity contribution is 5.97. The first-order valence-corrected chi connectivity index (χ1v) is 5.98. The lowest BCUT2D eigenvalue weighted by molar-refractivity contribution is -0.145. The number of rotatable bonds is 5. The lowest BCUT2D eigenvalue weighted by atomic mass is 10.1. The molecule has 0 saturated heterocycles. The van der Waals surface area contributed by atoms with Crippen LogP contribution in [0.5, 0.6) is 5.75 Å². The molecule has 1 fully saturated rings. The summed E-state index contributed by atoms with van der Waals surface area (Å²) in [6.45, 7) is -1.30. The summed E-state index contributed by atoms with van der Waals surface area (Å²) in [6, 6.07) is 5.38. The molecule has 0 radical (unpaired) electrons. The van der Waals surface area contributed by atoms with Crippen molar-refractivity contribution >= 4 is 5.78 Å². The van der Waals surface area contributed by atoms with Crippen molar-refractivity contribution in [2.75, 3.05) is 13.1 Å². The Kier molecular flexibility index (Phi) is 3.80. The summed E-state index contributed by atoms with van der Waals surface area (Å²) in [5.41, 5.74) is 0.311. The van der Waals surface area contributed by atoms with E-state index in [9.17, 15) is 18.0 Å². The van der Waals surface area contributed by atoms with E-state index in [1.807, 2.05) is 0 Å². The standard InChI is InChI=1S/C13H14F3NO2/c14-13(15,16)8-17(10-3-4-10)7-12(19)9-1-5-11(18)6-2-9/h1-2,5-6,10,18H,3-4,7-8H2. The van der Waals surface area contributed by atoms with Crippen LogP contribution in [0.15, 0.2) is 24.3 Å². The highest BCUT2D eigenvalue weighted by Gasteiger charge is 2.38. The van der Waals surface area contributed by atoms with Crippen LogP contribution < -0.4 is 0 Å². The first-order chi connectivity index (χ1) is 8.85. The number of carbonyl (C=O) groups is 1. The topological polar surface area (TPSA) is 40.5 Å². The van der Waals surface area contributed by atoms with Gasteiger partial charge in [0.25, 0.3) is 0 Å². The van der Waals surface area contributed by atoms with Gasteiger partial charge in [-0.2, -0.15) is 13.2 Å². The van der Waals surface area contributed by atoms with Crippen LogP contribution in [0, 0.1) is 0 Å². The second kappa shape index (κ2) is 5.21. The minimum Gasteiger partial charge on any atom is -0.508 e. The monoisotopic (exact) mass is 273 g/mol. The third kappa shape index (κ3) is 4.24. The Balaban J connectivity index is 2.00. The molecule has 0 bridgehead atoms. The molecule has 1 saturated carbocycles. The van der Waals surface area contributed by atoms with Gasteiger partial charge in [0, 0.05) is 11.6 Å². The Hall–Kier alpha value is -1.56. The normalized spacial score (nSPS) is 15.8. The second-order valence-electron chi connectivity index (χ2n) is 4.72. The number of carbonyl (C=O) groups excluding carboxylic acids is 1. The summed E-state index contributed by atoms with van der Waals surface area (Å²) in [4.78, 5) is 13.1. The number of aromatic hydroxyl groups is 1. The van der Waals surface area contributed by atoms with Crippen molar-refractivity contribution in [1.29, 1.82) is 0 Å². The van der Waals surface area contributed by atoms with E-state index in [-0.39, 0.29) is 24.1 Å². The van der Waals surface area contributed by atoms with E-state index >= 15 is 0 Å². The van der Waals surface area contributed by atoms with Crippen molar-refractivity contribution in [2.24, 2.45) is 0 Å². The first-order valence-electron chi connectivity index (χ1n) is 5.98. The van der Waals surface area contributed by atoms with E-state index in [2.05, 4.69) is 0 Å². The quantitative estimate of drug-likeness (QED) is 0.838. The lowest BCUT2D eigenvalue weighted by Gasteiger charge is -2.22. The highest BCUT2D eigenvalue weighted by Crippen LogP contribution is 2.30. The van der Waals surface area contributed by atoms with Crippen molar-refractivity contribution < 1.29 is 23.1 Å². The fourth-order valence-electron chi connectivity index (χ4n) is 1.91. The maximum Gasteiger partial charge on any atom is 0.401 e. The van der Waals surface area contributed by atoms with E-state index in [4.69, 9.17) is 5.11 Å². The van der Waals surface area contributed by atoms with Crippen LogP contribution in [-0.4, -0.2) is 41.1 Å². The van der Waals surface area contributed by atoms with E-state index in [1.54, 1.807) is 0 Å². The lowest BCUT2D eigenvalue weighted by Crippen LogP contribution is -2.39. The van der Waals surface area contributed by atoms with E-state index in [0.717, 1.165) is 0 Å². The van der Waals surface area contributed by atoms with Gasteiger partial charge in [0.2, 0.25) is 0 Å². The third-order valence-corrected chi connectivity index (χ3v) is 2.98. The van der Waals surface area contributed by atoms with Crippen LogP contribution >= 0.6 is 0 Å². The van der Waals surface area contributed by atoms with Crippen molar-refractivity contribution in [3.05, 3.63) is 29.8 Å². The summed E-state index contributed by atoms with van der Waals surface area (Å²) in [5, 5.41) is 9.10. The molecule has 1 aliphatic carbocycles. The Morgan fingerprint density at radius 2 is 1.84 bits per heavy atom. The van der Waals surface area contributed by atoms with Crippen molar-refractivity contribution in [2.45, 2.75) is 25.1 Å². The number of nitrogens with zero attached hydrogens (tertiary/aromatic N) is 1. The van der Waals surface area contributed by atoms with E-state index in [1.165, 1.54) is 29.2 Å².